The molecule has 0 unspecified atom stereocenters. The van der Waals surface area contributed by atoms with Crippen molar-refractivity contribution >= 4 is 5.78 Å². The van der Waals surface area contributed by atoms with Crippen molar-refractivity contribution in [2.45, 2.75) is 44.6 Å². The second kappa shape index (κ2) is 4.26. The van der Waals surface area contributed by atoms with Crippen LogP contribution in [0.1, 0.15) is 38.5 Å². The van der Waals surface area contributed by atoms with Gasteiger partial charge in [0.25, 0.3) is 0 Å². The van der Waals surface area contributed by atoms with Crippen LogP contribution in [-0.4, -0.2) is 17.0 Å². The van der Waals surface area contributed by atoms with Crippen LogP contribution < -0.4 is 0 Å². The fraction of sp³-hybridized carbons (Fsp3) is 0.750. The SMILES string of the molecule is O=C1C=CCC[C@H]1[C@@H]1CCCC[C@H]1O. The Morgan fingerprint density at radius 2 is 2.00 bits per heavy atom. The summed E-state index contributed by atoms with van der Waals surface area (Å²) in [5.41, 5.74) is 0. The van der Waals surface area contributed by atoms with E-state index in [4.69, 9.17) is 0 Å². The molecule has 2 aliphatic rings. The highest BCUT2D eigenvalue weighted by molar-refractivity contribution is 5.92. The van der Waals surface area contributed by atoms with Crippen LogP contribution in [-0.2, 0) is 4.79 Å². The van der Waals surface area contributed by atoms with Gasteiger partial charge in [-0.15, -0.1) is 0 Å². The smallest absolute Gasteiger partial charge is 0.158 e. The number of aliphatic hydroxyl groups is 1. The van der Waals surface area contributed by atoms with E-state index in [1.807, 2.05) is 6.08 Å². The first-order valence-corrected chi connectivity index (χ1v) is 5.67. The fourth-order valence-corrected chi connectivity index (χ4v) is 2.78. The first-order chi connectivity index (χ1) is 6.79. The van der Waals surface area contributed by atoms with Crippen LogP contribution in [0.4, 0.5) is 0 Å². The van der Waals surface area contributed by atoms with E-state index in [9.17, 15) is 9.90 Å². The van der Waals surface area contributed by atoms with Gasteiger partial charge in [0.05, 0.1) is 6.10 Å². The van der Waals surface area contributed by atoms with Crippen LogP contribution in [0.25, 0.3) is 0 Å². The number of ketones is 1. The molecule has 0 heterocycles. The first kappa shape index (κ1) is 9.91. The lowest BCUT2D eigenvalue weighted by atomic mass is 9.73. The lowest BCUT2D eigenvalue weighted by Gasteiger charge is -2.34. The molecule has 0 amide bonds. The second-order valence-corrected chi connectivity index (χ2v) is 4.50. The molecule has 2 aliphatic carbocycles. The summed E-state index contributed by atoms with van der Waals surface area (Å²) in [6.07, 6.45) is 9.58. The Bertz CT molecular complexity index is 245. The van der Waals surface area contributed by atoms with Crippen molar-refractivity contribution in [3.05, 3.63) is 12.2 Å². The summed E-state index contributed by atoms with van der Waals surface area (Å²) < 4.78 is 0. The summed E-state index contributed by atoms with van der Waals surface area (Å²) in [6, 6.07) is 0. The standard InChI is InChI=1S/C12H18O2/c13-11-7-3-1-5-9(11)10-6-2-4-8-12(10)14/h3,7,9-10,12,14H,1-2,4-6,8H2/t9-,10-,12+/m0/s1. The van der Waals surface area contributed by atoms with Gasteiger partial charge in [-0.1, -0.05) is 18.9 Å². The van der Waals surface area contributed by atoms with E-state index in [1.54, 1.807) is 6.08 Å². The van der Waals surface area contributed by atoms with Gasteiger partial charge in [0, 0.05) is 5.92 Å². The molecule has 78 valence electrons. The molecule has 2 nitrogen and oxygen atoms in total. The molecule has 1 fully saturated rings. The van der Waals surface area contributed by atoms with Crippen molar-refractivity contribution in [1.29, 1.82) is 0 Å². The van der Waals surface area contributed by atoms with Gasteiger partial charge in [0.1, 0.15) is 0 Å². The lowest BCUT2D eigenvalue weighted by Crippen LogP contribution is -2.35. The third kappa shape index (κ3) is 1.90. The molecule has 0 aromatic heterocycles. The Balaban J connectivity index is 2.05. The van der Waals surface area contributed by atoms with Gasteiger partial charge in [0.15, 0.2) is 5.78 Å². The Hall–Kier alpha value is -0.630. The van der Waals surface area contributed by atoms with Gasteiger partial charge in [0.2, 0.25) is 0 Å². The normalized spacial score (nSPS) is 38.6. The van der Waals surface area contributed by atoms with E-state index in [2.05, 4.69) is 0 Å². The maximum atomic E-state index is 11.6. The topological polar surface area (TPSA) is 37.3 Å². The van der Waals surface area contributed by atoms with Crippen molar-refractivity contribution < 1.29 is 9.90 Å². The van der Waals surface area contributed by atoms with Gasteiger partial charge < -0.3 is 5.11 Å². The minimum atomic E-state index is -0.232. The zero-order chi connectivity index (χ0) is 9.97. The molecule has 0 bridgehead atoms. The van der Waals surface area contributed by atoms with Crippen molar-refractivity contribution in [2.75, 3.05) is 0 Å². The van der Waals surface area contributed by atoms with Crippen LogP contribution >= 0.6 is 0 Å². The van der Waals surface area contributed by atoms with E-state index in [0.29, 0.717) is 0 Å². The molecule has 0 spiro atoms. The number of carbonyl (C=O) groups is 1. The molecule has 2 rings (SSSR count). The molecule has 0 radical (unpaired) electrons. The van der Waals surface area contributed by atoms with Crippen molar-refractivity contribution in [2.24, 2.45) is 11.8 Å². The number of rotatable bonds is 1. The zero-order valence-electron chi connectivity index (χ0n) is 8.48. The summed E-state index contributed by atoms with van der Waals surface area (Å²) >= 11 is 0. The molecule has 2 heteroatoms. The Morgan fingerprint density at radius 1 is 1.21 bits per heavy atom. The highest BCUT2D eigenvalue weighted by Crippen LogP contribution is 2.34. The third-order valence-electron chi connectivity index (χ3n) is 3.59. The highest BCUT2D eigenvalue weighted by atomic mass is 16.3. The number of aliphatic hydroxyl groups excluding tert-OH is 1. The maximum absolute atomic E-state index is 11.6. The van der Waals surface area contributed by atoms with E-state index in [0.717, 1.165) is 32.1 Å². The predicted octanol–water partition coefficient (Wildman–Crippen LogP) is 2.07. The van der Waals surface area contributed by atoms with E-state index in [-0.39, 0.29) is 23.7 Å². The molecule has 14 heavy (non-hydrogen) atoms. The summed E-state index contributed by atoms with van der Waals surface area (Å²) in [5.74, 6) is 0.582. The fourth-order valence-electron chi connectivity index (χ4n) is 2.78. The number of allylic oxidation sites excluding steroid dienone is 2. The minimum Gasteiger partial charge on any atom is -0.393 e. The maximum Gasteiger partial charge on any atom is 0.158 e. The zero-order valence-corrected chi connectivity index (χ0v) is 8.48. The Kier molecular flexibility index (Phi) is 3.02. The first-order valence-electron chi connectivity index (χ1n) is 5.67. The lowest BCUT2D eigenvalue weighted by molar-refractivity contribution is -0.123. The van der Waals surface area contributed by atoms with Gasteiger partial charge >= 0.3 is 0 Å². The van der Waals surface area contributed by atoms with Crippen LogP contribution in [0.3, 0.4) is 0 Å². The van der Waals surface area contributed by atoms with Crippen LogP contribution in [0.2, 0.25) is 0 Å². The molecule has 0 saturated heterocycles. The molecule has 1 N–H and O–H groups in total. The monoisotopic (exact) mass is 194 g/mol. The number of hydrogen-bond acceptors (Lipinski definition) is 2. The summed E-state index contributed by atoms with van der Waals surface area (Å²) in [4.78, 5) is 11.6. The molecule has 1 saturated carbocycles. The van der Waals surface area contributed by atoms with Gasteiger partial charge in [-0.05, 0) is 37.7 Å². The van der Waals surface area contributed by atoms with Crippen LogP contribution in [0.5, 0.6) is 0 Å². The number of hydrogen-bond donors (Lipinski definition) is 1. The van der Waals surface area contributed by atoms with Crippen LogP contribution in [0, 0.1) is 11.8 Å². The summed E-state index contributed by atoms with van der Waals surface area (Å²) in [5, 5.41) is 9.86. The largest absolute Gasteiger partial charge is 0.393 e. The predicted molar refractivity (Wildman–Crippen MR) is 54.8 cm³/mol. The van der Waals surface area contributed by atoms with E-state index >= 15 is 0 Å². The summed E-state index contributed by atoms with van der Waals surface area (Å²) in [6.45, 7) is 0. The molecule has 0 aromatic rings. The Morgan fingerprint density at radius 3 is 2.71 bits per heavy atom. The highest BCUT2D eigenvalue weighted by Gasteiger charge is 2.34. The molecular weight excluding hydrogens is 176 g/mol. The minimum absolute atomic E-state index is 0.107. The Labute approximate surface area is 85.0 Å². The second-order valence-electron chi connectivity index (χ2n) is 4.50. The van der Waals surface area contributed by atoms with E-state index in [1.165, 1.54) is 6.42 Å². The molecular formula is C12H18O2. The van der Waals surface area contributed by atoms with Gasteiger partial charge in [-0.3, -0.25) is 4.79 Å². The van der Waals surface area contributed by atoms with Crippen molar-refractivity contribution in [3.63, 3.8) is 0 Å². The molecule has 3 atom stereocenters. The van der Waals surface area contributed by atoms with Crippen molar-refractivity contribution in [3.8, 4) is 0 Å². The van der Waals surface area contributed by atoms with Crippen molar-refractivity contribution in [1.82, 2.24) is 0 Å². The van der Waals surface area contributed by atoms with E-state index < -0.39 is 0 Å². The molecule has 0 aliphatic heterocycles. The molecule has 0 aromatic carbocycles. The average molecular weight is 194 g/mol. The quantitative estimate of drug-likeness (QED) is 0.694. The summed E-state index contributed by atoms with van der Waals surface area (Å²) in [7, 11) is 0. The number of carbonyl (C=O) groups excluding carboxylic acids is 1. The van der Waals surface area contributed by atoms with Gasteiger partial charge in [-0.25, -0.2) is 0 Å². The third-order valence-corrected chi connectivity index (χ3v) is 3.59. The van der Waals surface area contributed by atoms with Crippen LogP contribution in [0.15, 0.2) is 12.2 Å². The van der Waals surface area contributed by atoms with Gasteiger partial charge in [-0.2, -0.15) is 0 Å². The average Bonchev–Trinajstić information content (AvgIpc) is 2.20.